The van der Waals surface area contributed by atoms with Crippen LogP contribution in [-0.4, -0.2) is 22.2 Å². The summed E-state index contributed by atoms with van der Waals surface area (Å²) >= 11 is 0. The Morgan fingerprint density at radius 3 is 2.71 bits per heavy atom. The van der Waals surface area contributed by atoms with Gasteiger partial charge in [-0.3, -0.25) is 4.98 Å². The SMILES string of the molecule is N#Cc1cncc(C2(O)CC3CCC(C2)N3)c1. The minimum Gasteiger partial charge on any atom is -0.385 e. The van der Waals surface area contributed by atoms with Gasteiger partial charge in [-0.25, -0.2) is 0 Å². The molecule has 4 nitrogen and oxygen atoms in total. The van der Waals surface area contributed by atoms with E-state index in [1.165, 1.54) is 6.20 Å². The van der Waals surface area contributed by atoms with Gasteiger partial charge in [0.2, 0.25) is 0 Å². The first-order chi connectivity index (χ1) is 8.19. The fourth-order valence-corrected chi connectivity index (χ4v) is 3.11. The Hall–Kier alpha value is -1.44. The molecule has 3 heterocycles. The second-order valence-electron chi connectivity index (χ2n) is 5.15. The molecule has 1 aromatic rings. The van der Waals surface area contributed by atoms with Gasteiger partial charge in [0.1, 0.15) is 6.07 Å². The maximum Gasteiger partial charge on any atom is 0.101 e. The summed E-state index contributed by atoms with van der Waals surface area (Å²) < 4.78 is 0. The van der Waals surface area contributed by atoms with E-state index in [1.807, 2.05) is 0 Å². The Bertz CT molecular complexity index is 468. The van der Waals surface area contributed by atoms with E-state index in [0.717, 1.165) is 31.2 Å². The van der Waals surface area contributed by atoms with Crippen LogP contribution in [0.15, 0.2) is 18.5 Å². The summed E-state index contributed by atoms with van der Waals surface area (Å²) in [6.07, 6.45) is 6.94. The van der Waals surface area contributed by atoms with E-state index in [1.54, 1.807) is 12.3 Å². The number of pyridine rings is 1. The summed E-state index contributed by atoms with van der Waals surface area (Å²) in [7, 11) is 0. The van der Waals surface area contributed by atoms with E-state index in [4.69, 9.17) is 5.26 Å². The van der Waals surface area contributed by atoms with Crippen molar-refractivity contribution in [1.29, 1.82) is 5.26 Å². The van der Waals surface area contributed by atoms with Gasteiger partial charge in [0.15, 0.2) is 0 Å². The van der Waals surface area contributed by atoms with Crippen molar-refractivity contribution in [2.45, 2.75) is 43.4 Å². The van der Waals surface area contributed by atoms with Crippen LogP contribution >= 0.6 is 0 Å². The van der Waals surface area contributed by atoms with E-state index in [2.05, 4.69) is 16.4 Å². The molecule has 2 unspecified atom stereocenters. The normalized spacial score (nSPS) is 35.5. The van der Waals surface area contributed by atoms with E-state index in [-0.39, 0.29) is 0 Å². The van der Waals surface area contributed by atoms with Gasteiger partial charge in [-0.1, -0.05) is 0 Å². The molecule has 3 rings (SSSR count). The predicted octanol–water partition coefficient (Wildman–Crippen LogP) is 1.06. The molecule has 0 aliphatic carbocycles. The Morgan fingerprint density at radius 1 is 1.35 bits per heavy atom. The quantitative estimate of drug-likeness (QED) is 0.755. The molecule has 17 heavy (non-hydrogen) atoms. The zero-order valence-corrected chi connectivity index (χ0v) is 9.56. The average Bonchev–Trinajstić information content (AvgIpc) is 2.69. The molecule has 0 aromatic carbocycles. The highest BCUT2D eigenvalue weighted by Gasteiger charge is 2.43. The molecule has 0 amide bonds. The molecule has 1 aromatic heterocycles. The van der Waals surface area contributed by atoms with Crippen LogP contribution in [0.5, 0.6) is 0 Å². The Morgan fingerprint density at radius 2 is 2.06 bits per heavy atom. The minimum absolute atomic E-state index is 0.407. The first-order valence-corrected chi connectivity index (χ1v) is 6.04. The third-order valence-corrected chi connectivity index (χ3v) is 3.91. The van der Waals surface area contributed by atoms with Gasteiger partial charge in [-0.05, 0) is 31.7 Å². The molecule has 2 atom stereocenters. The van der Waals surface area contributed by atoms with Crippen molar-refractivity contribution >= 4 is 0 Å². The lowest BCUT2D eigenvalue weighted by Crippen LogP contribution is -2.46. The number of fused-ring (bicyclic) bond motifs is 2. The fourth-order valence-electron chi connectivity index (χ4n) is 3.11. The average molecular weight is 229 g/mol. The summed E-state index contributed by atoms with van der Waals surface area (Å²) in [5.74, 6) is 0. The van der Waals surface area contributed by atoms with Crippen molar-refractivity contribution in [3.05, 3.63) is 29.6 Å². The highest BCUT2D eigenvalue weighted by molar-refractivity contribution is 5.33. The third kappa shape index (κ3) is 1.82. The van der Waals surface area contributed by atoms with Gasteiger partial charge in [0.05, 0.1) is 11.2 Å². The number of hydrogen-bond donors (Lipinski definition) is 2. The van der Waals surface area contributed by atoms with Gasteiger partial charge in [0, 0.05) is 30.0 Å². The van der Waals surface area contributed by atoms with Crippen molar-refractivity contribution in [3.8, 4) is 6.07 Å². The monoisotopic (exact) mass is 229 g/mol. The van der Waals surface area contributed by atoms with E-state index >= 15 is 0 Å². The molecule has 2 bridgehead atoms. The topological polar surface area (TPSA) is 68.9 Å². The number of aliphatic hydroxyl groups is 1. The number of hydrogen-bond acceptors (Lipinski definition) is 4. The third-order valence-electron chi connectivity index (χ3n) is 3.91. The van der Waals surface area contributed by atoms with Crippen LogP contribution in [0.25, 0.3) is 0 Å². The fraction of sp³-hybridized carbons (Fsp3) is 0.538. The summed E-state index contributed by atoms with van der Waals surface area (Å²) in [5.41, 5.74) is 0.494. The largest absolute Gasteiger partial charge is 0.385 e. The molecule has 2 saturated heterocycles. The maximum absolute atomic E-state index is 10.8. The molecule has 2 aliphatic heterocycles. The van der Waals surface area contributed by atoms with Crippen LogP contribution in [-0.2, 0) is 5.60 Å². The summed E-state index contributed by atoms with van der Waals surface area (Å²) in [6.45, 7) is 0. The van der Waals surface area contributed by atoms with Crippen LogP contribution in [0.4, 0.5) is 0 Å². The first-order valence-electron chi connectivity index (χ1n) is 6.04. The Kier molecular flexibility index (Phi) is 2.39. The lowest BCUT2D eigenvalue weighted by molar-refractivity contribution is -0.0117. The van der Waals surface area contributed by atoms with Crippen molar-refractivity contribution < 1.29 is 5.11 Å². The van der Waals surface area contributed by atoms with Crippen LogP contribution in [0, 0.1) is 11.3 Å². The van der Waals surface area contributed by atoms with Crippen LogP contribution in [0.2, 0.25) is 0 Å². The molecule has 2 aliphatic rings. The summed E-state index contributed by atoms with van der Waals surface area (Å²) in [6, 6.07) is 4.65. The second-order valence-corrected chi connectivity index (χ2v) is 5.15. The molecule has 0 saturated carbocycles. The van der Waals surface area contributed by atoms with Gasteiger partial charge in [0.25, 0.3) is 0 Å². The first kappa shape index (κ1) is 10.7. The Labute approximate surface area is 100 Å². The smallest absolute Gasteiger partial charge is 0.101 e. The van der Waals surface area contributed by atoms with Gasteiger partial charge >= 0.3 is 0 Å². The lowest BCUT2D eigenvalue weighted by Gasteiger charge is -2.37. The molecule has 0 spiro atoms. The molecular formula is C13H15N3O. The number of nitriles is 1. The van der Waals surface area contributed by atoms with Crippen molar-refractivity contribution in [2.75, 3.05) is 0 Å². The van der Waals surface area contributed by atoms with Crippen LogP contribution < -0.4 is 5.32 Å². The van der Waals surface area contributed by atoms with E-state index in [0.29, 0.717) is 17.6 Å². The molecular weight excluding hydrogens is 214 g/mol. The molecule has 2 N–H and O–H groups in total. The second kappa shape index (κ2) is 3.80. The lowest BCUT2D eigenvalue weighted by atomic mass is 9.82. The molecule has 88 valence electrons. The number of rotatable bonds is 1. The summed E-state index contributed by atoms with van der Waals surface area (Å²) in [4.78, 5) is 4.04. The number of nitrogens with one attached hydrogen (secondary N) is 1. The van der Waals surface area contributed by atoms with Crippen molar-refractivity contribution in [2.24, 2.45) is 0 Å². The van der Waals surface area contributed by atoms with E-state index in [9.17, 15) is 5.11 Å². The number of piperidine rings is 1. The van der Waals surface area contributed by atoms with Gasteiger partial charge in [-0.2, -0.15) is 5.26 Å². The van der Waals surface area contributed by atoms with Crippen LogP contribution in [0.1, 0.15) is 36.8 Å². The zero-order valence-electron chi connectivity index (χ0n) is 9.56. The van der Waals surface area contributed by atoms with Gasteiger partial charge in [-0.15, -0.1) is 0 Å². The molecule has 4 heteroatoms. The number of nitrogens with zero attached hydrogens (tertiary/aromatic N) is 2. The standard InChI is InChI=1S/C13H15N3O/c14-6-9-3-10(8-15-7-9)13(17)4-11-1-2-12(5-13)16-11/h3,7-8,11-12,16-17H,1-2,4-5H2. The zero-order chi connectivity index (χ0) is 11.9. The highest BCUT2D eigenvalue weighted by atomic mass is 16.3. The maximum atomic E-state index is 10.8. The highest BCUT2D eigenvalue weighted by Crippen LogP contribution is 2.40. The van der Waals surface area contributed by atoms with Gasteiger partial charge < -0.3 is 10.4 Å². The molecule has 2 fully saturated rings. The van der Waals surface area contributed by atoms with E-state index < -0.39 is 5.60 Å². The van der Waals surface area contributed by atoms with Crippen molar-refractivity contribution in [1.82, 2.24) is 10.3 Å². The van der Waals surface area contributed by atoms with Crippen LogP contribution in [0.3, 0.4) is 0 Å². The predicted molar refractivity (Wildman–Crippen MR) is 62.0 cm³/mol. The summed E-state index contributed by atoms with van der Waals surface area (Å²) in [5, 5.41) is 23.1. The van der Waals surface area contributed by atoms with Crippen molar-refractivity contribution in [3.63, 3.8) is 0 Å². The Balaban J connectivity index is 1.94. The minimum atomic E-state index is -0.809. The number of aromatic nitrogens is 1. The molecule has 0 radical (unpaired) electrons.